The van der Waals surface area contributed by atoms with Crippen LogP contribution in [0, 0.1) is 6.92 Å². The molecule has 0 heterocycles. The average molecular weight is 328 g/mol. The number of carbonyl (C=O) groups is 1. The third-order valence-electron chi connectivity index (χ3n) is 3.69. The van der Waals surface area contributed by atoms with E-state index in [-0.39, 0.29) is 22.0 Å². The summed E-state index contributed by atoms with van der Waals surface area (Å²) in [4.78, 5) is 12.6. The molecule has 4 heteroatoms. The minimum Gasteiger partial charge on any atom is -0.289 e. The number of Topliss-reactive ketones (excluding diaryl/α,β-unsaturated/α-hetero) is 1. The zero-order valence-corrected chi connectivity index (χ0v) is 14.2. The SMILES string of the molecule is C=C(CS(=O)(=O)c1ccc(C)cc1)C(=O)c1ccc(CC)cc1. The van der Waals surface area contributed by atoms with Gasteiger partial charge in [0.15, 0.2) is 15.6 Å². The molecule has 2 rings (SSSR count). The van der Waals surface area contributed by atoms with Gasteiger partial charge in [0, 0.05) is 11.1 Å². The van der Waals surface area contributed by atoms with E-state index in [1.54, 1.807) is 36.4 Å². The molecule has 2 aromatic carbocycles. The highest BCUT2D eigenvalue weighted by atomic mass is 32.2. The van der Waals surface area contributed by atoms with Gasteiger partial charge in [0.25, 0.3) is 0 Å². The van der Waals surface area contributed by atoms with Gasteiger partial charge >= 0.3 is 0 Å². The van der Waals surface area contributed by atoms with Crippen molar-refractivity contribution in [2.24, 2.45) is 0 Å². The van der Waals surface area contributed by atoms with Gasteiger partial charge in [-0.25, -0.2) is 8.42 Å². The molecule has 0 aliphatic rings. The van der Waals surface area contributed by atoms with Gasteiger partial charge in [-0.15, -0.1) is 0 Å². The predicted molar refractivity (Wildman–Crippen MR) is 92.5 cm³/mol. The fourth-order valence-corrected chi connectivity index (χ4v) is 3.53. The topological polar surface area (TPSA) is 51.2 Å². The number of ketones is 1. The van der Waals surface area contributed by atoms with Crippen molar-refractivity contribution in [3.63, 3.8) is 0 Å². The molecule has 0 spiro atoms. The van der Waals surface area contributed by atoms with Crippen LogP contribution in [-0.2, 0) is 16.3 Å². The number of carbonyl (C=O) groups excluding carboxylic acids is 1. The van der Waals surface area contributed by atoms with E-state index >= 15 is 0 Å². The van der Waals surface area contributed by atoms with Crippen molar-refractivity contribution < 1.29 is 13.2 Å². The second kappa shape index (κ2) is 6.92. The van der Waals surface area contributed by atoms with Crippen LogP contribution in [-0.4, -0.2) is 20.0 Å². The van der Waals surface area contributed by atoms with Crippen LogP contribution in [0.1, 0.15) is 28.4 Å². The Morgan fingerprint density at radius 2 is 1.57 bits per heavy atom. The summed E-state index contributed by atoms with van der Waals surface area (Å²) in [5.74, 6) is -0.701. The average Bonchev–Trinajstić information content (AvgIpc) is 2.54. The Hall–Kier alpha value is -2.20. The first kappa shape index (κ1) is 17.2. The fourth-order valence-electron chi connectivity index (χ4n) is 2.22. The Bertz CT molecular complexity index is 814. The number of hydrogen-bond donors (Lipinski definition) is 0. The molecule has 0 saturated heterocycles. The number of benzene rings is 2. The molecule has 23 heavy (non-hydrogen) atoms. The van der Waals surface area contributed by atoms with Crippen LogP contribution >= 0.6 is 0 Å². The molecule has 0 unspecified atom stereocenters. The summed E-state index contributed by atoms with van der Waals surface area (Å²) < 4.78 is 24.8. The highest BCUT2D eigenvalue weighted by molar-refractivity contribution is 7.91. The summed E-state index contributed by atoms with van der Waals surface area (Å²) in [6, 6.07) is 13.7. The fraction of sp³-hybridized carbons (Fsp3) is 0.211. The zero-order chi connectivity index (χ0) is 17.0. The molecular formula is C19H20O3S. The van der Waals surface area contributed by atoms with E-state index in [1.165, 1.54) is 0 Å². The van der Waals surface area contributed by atoms with Crippen molar-refractivity contribution in [1.82, 2.24) is 0 Å². The third kappa shape index (κ3) is 4.17. The quantitative estimate of drug-likeness (QED) is 0.599. The van der Waals surface area contributed by atoms with Crippen LogP contribution < -0.4 is 0 Å². The first-order valence-corrected chi connectivity index (χ1v) is 9.09. The Morgan fingerprint density at radius 1 is 1.00 bits per heavy atom. The Labute approximate surface area is 137 Å². The largest absolute Gasteiger partial charge is 0.289 e. The maximum absolute atomic E-state index is 12.4. The smallest absolute Gasteiger partial charge is 0.189 e. The highest BCUT2D eigenvalue weighted by Gasteiger charge is 2.20. The normalized spacial score (nSPS) is 11.2. The van der Waals surface area contributed by atoms with Crippen LogP contribution in [0.4, 0.5) is 0 Å². The van der Waals surface area contributed by atoms with Gasteiger partial charge in [-0.2, -0.15) is 0 Å². The first-order valence-electron chi connectivity index (χ1n) is 7.44. The van der Waals surface area contributed by atoms with Gasteiger partial charge < -0.3 is 0 Å². The predicted octanol–water partition coefficient (Wildman–Crippen LogP) is 3.77. The molecule has 0 amide bonds. The van der Waals surface area contributed by atoms with Crippen molar-refractivity contribution in [3.05, 3.63) is 77.4 Å². The molecule has 3 nitrogen and oxygen atoms in total. The van der Waals surface area contributed by atoms with E-state index in [0.717, 1.165) is 17.5 Å². The second-order valence-corrected chi connectivity index (χ2v) is 7.54. The zero-order valence-electron chi connectivity index (χ0n) is 13.4. The van der Waals surface area contributed by atoms with Crippen molar-refractivity contribution in [2.75, 3.05) is 5.75 Å². The molecule has 2 aromatic rings. The van der Waals surface area contributed by atoms with Gasteiger partial charge in [-0.3, -0.25) is 4.79 Å². The van der Waals surface area contributed by atoms with Crippen molar-refractivity contribution in [3.8, 4) is 0 Å². The number of aryl methyl sites for hydroxylation is 2. The van der Waals surface area contributed by atoms with Gasteiger partial charge in [0.2, 0.25) is 0 Å². The lowest BCUT2D eigenvalue weighted by Crippen LogP contribution is -2.14. The molecule has 0 aliphatic heterocycles. The summed E-state index contributed by atoms with van der Waals surface area (Å²) >= 11 is 0. The van der Waals surface area contributed by atoms with Crippen molar-refractivity contribution >= 4 is 15.6 Å². The van der Waals surface area contributed by atoms with Crippen LogP contribution in [0.2, 0.25) is 0 Å². The summed E-state index contributed by atoms with van der Waals surface area (Å²) in [7, 11) is -3.56. The van der Waals surface area contributed by atoms with Gasteiger partial charge in [0.05, 0.1) is 10.6 Å². The first-order chi connectivity index (χ1) is 10.8. The molecule has 0 bridgehead atoms. The van der Waals surface area contributed by atoms with Crippen molar-refractivity contribution in [2.45, 2.75) is 25.2 Å². The number of hydrogen-bond acceptors (Lipinski definition) is 3. The van der Waals surface area contributed by atoms with E-state index < -0.39 is 9.84 Å². The number of sulfone groups is 1. The summed E-state index contributed by atoms with van der Waals surface area (Å²) in [6.07, 6.45) is 0.886. The highest BCUT2D eigenvalue weighted by Crippen LogP contribution is 2.17. The summed E-state index contributed by atoms with van der Waals surface area (Å²) in [5, 5.41) is 0. The lowest BCUT2D eigenvalue weighted by Gasteiger charge is -2.08. The summed E-state index contributed by atoms with van der Waals surface area (Å²) in [6.45, 7) is 7.59. The molecule has 0 aliphatic carbocycles. The minimum atomic E-state index is -3.56. The summed E-state index contributed by atoms with van der Waals surface area (Å²) in [5.41, 5.74) is 2.65. The maximum Gasteiger partial charge on any atom is 0.189 e. The lowest BCUT2D eigenvalue weighted by molar-refractivity contribution is 0.103. The van der Waals surface area contributed by atoms with E-state index in [4.69, 9.17) is 0 Å². The third-order valence-corrected chi connectivity index (χ3v) is 5.41. The molecule has 0 radical (unpaired) electrons. The van der Waals surface area contributed by atoms with E-state index in [0.29, 0.717) is 5.56 Å². The van der Waals surface area contributed by atoms with E-state index in [9.17, 15) is 13.2 Å². The molecule has 0 N–H and O–H groups in total. The van der Waals surface area contributed by atoms with Gasteiger partial charge in [-0.05, 0) is 31.0 Å². The molecule has 120 valence electrons. The Kier molecular flexibility index (Phi) is 5.16. The van der Waals surface area contributed by atoms with Crippen LogP contribution in [0.5, 0.6) is 0 Å². The molecule has 0 fully saturated rings. The Morgan fingerprint density at radius 3 is 2.09 bits per heavy atom. The van der Waals surface area contributed by atoms with E-state index in [1.807, 2.05) is 26.0 Å². The maximum atomic E-state index is 12.4. The second-order valence-electron chi connectivity index (χ2n) is 5.56. The van der Waals surface area contributed by atoms with Crippen LogP contribution in [0.25, 0.3) is 0 Å². The monoisotopic (exact) mass is 328 g/mol. The Balaban J connectivity index is 2.16. The van der Waals surface area contributed by atoms with E-state index in [2.05, 4.69) is 6.58 Å². The minimum absolute atomic E-state index is 0.0785. The molecule has 0 aromatic heterocycles. The molecule has 0 atom stereocenters. The standard InChI is InChI=1S/C19H20O3S/c1-4-16-7-9-17(10-8-16)19(20)15(3)13-23(21,22)18-11-5-14(2)6-12-18/h5-12H,3-4,13H2,1-2H3. The molecular weight excluding hydrogens is 308 g/mol. The number of rotatable bonds is 6. The lowest BCUT2D eigenvalue weighted by atomic mass is 10.0. The van der Waals surface area contributed by atoms with Gasteiger partial charge in [0.1, 0.15) is 0 Å². The van der Waals surface area contributed by atoms with Crippen LogP contribution in [0.15, 0.2) is 65.6 Å². The van der Waals surface area contributed by atoms with Gasteiger partial charge in [-0.1, -0.05) is 55.5 Å². The molecule has 0 saturated carbocycles. The van der Waals surface area contributed by atoms with Crippen molar-refractivity contribution in [1.29, 1.82) is 0 Å². The van der Waals surface area contributed by atoms with Crippen LogP contribution in [0.3, 0.4) is 0 Å².